The van der Waals surface area contributed by atoms with Gasteiger partial charge in [-0.05, 0) is 18.4 Å². The summed E-state index contributed by atoms with van der Waals surface area (Å²) < 4.78 is 24.1. The lowest BCUT2D eigenvalue weighted by molar-refractivity contribution is 0.317. The normalized spacial score (nSPS) is 13.0. The van der Waals surface area contributed by atoms with Crippen LogP contribution in [0.15, 0.2) is 17.3 Å². The van der Waals surface area contributed by atoms with Gasteiger partial charge in [-0.1, -0.05) is 13.8 Å². The van der Waals surface area contributed by atoms with Crippen molar-refractivity contribution in [1.82, 2.24) is 9.78 Å². The van der Waals surface area contributed by atoms with Crippen molar-refractivity contribution in [2.75, 3.05) is 12.8 Å². The first-order chi connectivity index (χ1) is 7.24. The molecule has 92 valence electrons. The van der Waals surface area contributed by atoms with E-state index in [1.165, 1.54) is 12.5 Å². The van der Waals surface area contributed by atoms with Gasteiger partial charge in [0.15, 0.2) is 9.84 Å². The van der Waals surface area contributed by atoms with Crippen LogP contribution in [0.1, 0.15) is 20.3 Å². The highest BCUT2D eigenvalue weighted by Crippen LogP contribution is 2.19. The van der Waals surface area contributed by atoms with Crippen molar-refractivity contribution in [3.8, 4) is 0 Å². The number of nitrogens with zero attached hydrogens (tertiary/aromatic N) is 2. The Morgan fingerprint density at radius 2 is 2.12 bits per heavy atom. The van der Waals surface area contributed by atoms with E-state index in [0.29, 0.717) is 13.1 Å². The molecule has 0 aliphatic rings. The van der Waals surface area contributed by atoms with Crippen LogP contribution in [0.2, 0.25) is 0 Å². The first-order valence-corrected chi connectivity index (χ1v) is 7.06. The van der Waals surface area contributed by atoms with Crippen LogP contribution in [0.5, 0.6) is 0 Å². The molecule has 0 spiro atoms. The number of aryl methyl sites for hydroxylation is 1. The molecule has 16 heavy (non-hydrogen) atoms. The monoisotopic (exact) mass is 245 g/mol. The molecule has 0 saturated heterocycles. The molecule has 0 saturated carbocycles. The van der Waals surface area contributed by atoms with Crippen molar-refractivity contribution < 1.29 is 8.42 Å². The van der Waals surface area contributed by atoms with Crippen LogP contribution >= 0.6 is 0 Å². The minimum atomic E-state index is -3.15. The van der Waals surface area contributed by atoms with Gasteiger partial charge in [0.25, 0.3) is 0 Å². The summed E-state index contributed by atoms with van der Waals surface area (Å²) in [4.78, 5) is 0.262. The first kappa shape index (κ1) is 13.2. The third kappa shape index (κ3) is 3.61. The van der Waals surface area contributed by atoms with Gasteiger partial charge in [-0.15, -0.1) is 0 Å². The molecule has 0 aliphatic carbocycles. The zero-order valence-corrected chi connectivity index (χ0v) is 10.8. The van der Waals surface area contributed by atoms with E-state index in [4.69, 9.17) is 5.73 Å². The summed E-state index contributed by atoms with van der Waals surface area (Å²) in [6.45, 7) is 5.44. The number of sulfone groups is 1. The van der Waals surface area contributed by atoms with Gasteiger partial charge in [0.05, 0.1) is 6.20 Å². The molecule has 5 nitrogen and oxygen atoms in total. The zero-order valence-electron chi connectivity index (χ0n) is 9.97. The lowest BCUT2D eigenvalue weighted by Gasteiger charge is -2.21. The van der Waals surface area contributed by atoms with Crippen molar-refractivity contribution in [2.24, 2.45) is 11.1 Å². The Labute approximate surface area is 96.6 Å². The van der Waals surface area contributed by atoms with Crippen LogP contribution < -0.4 is 5.73 Å². The van der Waals surface area contributed by atoms with Crippen LogP contribution in [0.3, 0.4) is 0 Å². The second-order valence-corrected chi connectivity index (χ2v) is 6.85. The van der Waals surface area contributed by atoms with E-state index < -0.39 is 9.84 Å². The summed E-state index contributed by atoms with van der Waals surface area (Å²) in [6, 6.07) is 0. The van der Waals surface area contributed by atoms with Crippen LogP contribution in [0.4, 0.5) is 0 Å². The lowest BCUT2D eigenvalue weighted by Crippen LogP contribution is -2.25. The number of hydrogen-bond donors (Lipinski definition) is 1. The maximum atomic E-state index is 11.2. The third-order valence-corrected chi connectivity index (χ3v) is 3.68. The van der Waals surface area contributed by atoms with Crippen LogP contribution in [-0.2, 0) is 16.4 Å². The SMILES string of the molecule is CC(C)(CN)CCn1cc(S(C)(=O)=O)cn1. The van der Waals surface area contributed by atoms with E-state index in [1.807, 2.05) is 0 Å². The van der Waals surface area contributed by atoms with Gasteiger partial charge in [-0.2, -0.15) is 5.10 Å². The predicted molar refractivity (Wildman–Crippen MR) is 62.8 cm³/mol. The predicted octanol–water partition coefficient (Wildman–Crippen LogP) is 0.662. The maximum Gasteiger partial charge on any atom is 0.178 e. The Balaban J connectivity index is 2.67. The van der Waals surface area contributed by atoms with E-state index in [9.17, 15) is 8.42 Å². The van der Waals surface area contributed by atoms with Crippen molar-refractivity contribution >= 4 is 9.84 Å². The molecule has 1 rings (SSSR count). The third-order valence-electron chi connectivity index (χ3n) is 2.61. The van der Waals surface area contributed by atoms with E-state index in [1.54, 1.807) is 10.9 Å². The van der Waals surface area contributed by atoms with Crippen LogP contribution in [0.25, 0.3) is 0 Å². The Morgan fingerprint density at radius 3 is 2.56 bits per heavy atom. The van der Waals surface area contributed by atoms with Gasteiger partial charge >= 0.3 is 0 Å². The standard InChI is InChI=1S/C10H19N3O2S/c1-10(2,8-11)4-5-13-7-9(6-12-13)16(3,14)15/h6-7H,4-5,8,11H2,1-3H3. The second kappa shape index (κ2) is 4.55. The van der Waals surface area contributed by atoms with Crippen LogP contribution in [0, 0.1) is 5.41 Å². The van der Waals surface area contributed by atoms with E-state index in [0.717, 1.165) is 6.42 Å². The molecule has 0 bridgehead atoms. The topological polar surface area (TPSA) is 78.0 Å². The zero-order chi connectivity index (χ0) is 12.4. The van der Waals surface area contributed by atoms with Crippen molar-refractivity contribution in [2.45, 2.75) is 31.7 Å². The Morgan fingerprint density at radius 1 is 1.50 bits per heavy atom. The second-order valence-electron chi connectivity index (χ2n) is 4.83. The Hall–Kier alpha value is -0.880. The fourth-order valence-electron chi connectivity index (χ4n) is 1.18. The average molecular weight is 245 g/mol. The Bertz CT molecular complexity index is 448. The minimum absolute atomic E-state index is 0.0528. The van der Waals surface area contributed by atoms with E-state index in [2.05, 4.69) is 18.9 Å². The quantitative estimate of drug-likeness (QED) is 0.826. The van der Waals surface area contributed by atoms with E-state index >= 15 is 0 Å². The Kier molecular flexibility index (Phi) is 3.75. The first-order valence-electron chi connectivity index (χ1n) is 5.17. The number of hydrogen-bond acceptors (Lipinski definition) is 4. The summed E-state index contributed by atoms with van der Waals surface area (Å²) in [6.07, 6.45) is 4.99. The molecule has 0 fully saturated rings. The fourth-order valence-corrected chi connectivity index (χ4v) is 1.73. The molecule has 1 heterocycles. The molecule has 1 aromatic rings. The summed E-state index contributed by atoms with van der Waals surface area (Å²) in [5, 5.41) is 4.02. The minimum Gasteiger partial charge on any atom is -0.330 e. The van der Waals surface area contributed by atoms with Crippen LogP contribution in [-0.4, -0.2) is 31.0 Å². The molecule has 0 radical (unpaired) electrons. The number of rotatable bonds is 5. The largest absolute Gasteiger partial charge is 0.330 e. The smallest absolute Gasteiger partial charge is 0.178 e. The van der Waals surface area contributed by atoms with Crippen molar-refractivity contribution in [3.63, 3.8) is 0 Å². The van der Waals surface area contributed by atoms with Gasteiger partial charge in [-0.3, -0.25) is 4.68 Å². The highest BCUT2D eigenvalue weighted by molar-refractivity contribution is 7.90. The van der Waals surface area contributed by atoms with Gasteiger partial charge in [0, 0.05) is 19.0 Å². The van der Waals surface area contributed by atoms with Gasteiger partial charge in [-0.25, -0.2) is 8.42 Å². The summed E-state index contributed by atoms with van der Waals surface area (Å²) in [5.41, 5.74) is 5.67. The van der Waals surface area contributed by atoms with Gasteiger partial charge in [0.2, 0.25) is 0 Å². The fraction of sp³-hybridized carbons (Fsp3) is 0.700. The molecule has 0 aliphatic heterocycles. The van der Waals surface area contributed by atoms with Crippen molar-refractivity contribution in [3.05, 3.63) is 12.4 Å². The molecule has 6 heteroatoms. The lowest BCUT2D eigenvalue weighted by atomic mass is 9.90. The molecule has 1 aromatic heterocycles. The summed E-state index contributed by atoms with van der Waals surface area (Å²) >= 11 is 0. The van der Waals surface area contributed by atoms with Gasteiger partial charge in [0.1, 0.15) is 4.90 Å². The molecular formula is C10H19N3O2S. The molecule has 0 amide bonds. The molecular weight excluding hydrogens is 226 g/mol. The molecule has 0 unspecified atom stereocenters. The maximum absolute atomic E-state index is 11.2. The molecule has 0 aromatic carbocycles. The van der Waals surface area contributed by atoms with Gasteiger partial charge < -0.3 is 5.73 Å². The average Bonchev–Trinajstić information content (AvgIpc) is 2.63. The molecule has 2 N–H and O–H groups in total. The highest BCUT2D eigenvalue weighted by atomic mass is 32.2. The number of nitrogens with two attached hydrogens (primary N) is 1. The number of aromatic nitrogens is 2. The summed E-state index contributed by atoms with van der Waals surface area (Å²) in [5.74, 6) is 0. The van der Waals surface area contributed by atoms with E-state index in [-0.39, 0.29) is 10.3 Å². The summed E-state index contributed by atoms with van der Waals surface area (Å²) in [7, 11) is -3.15. The van der Waals surface area contributed by atoms with Crippen molar-refractivity contribution in [1.29, 1.82) is 0 Å². The highest BCUT2D eigenvalue weighted by Gasteiger charge is 2.16. The molecule has 0 atom stereocenters.